The van der Waals surface area contributed by atoms with Gasteiger partial charge in [0, 0.05) is 23.5 Å². The number of rotatable bonds is 1. The van der Waals surface area contributed by atoms with Gasteiger partial charge in [-0.2, -0.15) is 0 Å². The van der Waals surface area contributed by atoms with Crippen molar-refractivity contribution < 1.29 is 9.90 Å². The highest BCUT2D eigenvalue weighted by molar-refractivity contribution is 6.30. The molecular formula is C14H16ClNO2. The van der Waals surface area contributed by atoms with Gasteiger partial charge in [0.2, 0.25) is 0 Å². The Morgan fingerprint density at radius 2 is 1.94 bits per heavy atom. The summed E-state index contributed by atoms with van der Waals surface area (Å²) in [4.78, 5) is 12.4. The Hall–Kier alpha value is -1.48. The van der Waals surface area contributed by atoms with Gasteiger partial charge in [0.1, 0.15) is 0 Å². The molecule has 1 heterocycles. The molecule has 1 aromatic carbocycles. The Morgan fingerprint density at radius 3 is 2.44 bits per heavy atom. The van der Waals surface area contributed by atoms with E-state index >= 15 is 0 Å². The Morgan fingerprint density at radius 1 is 1.33 bits per heavy atom. The number of benzene rings is 1. The lowest BCUT2D eigenvalue weighted by atomic mass is 9.77. The minimum absolute atomic E-state index is 0.190. The molecule has 0 spiro atoms. The number of amides is 1. The van der Waals surface area contributed by atoms with Crippen molar-refractivity contribution in [1.82, 2.24) is 4.90 Å². The summed E-state index contributed by atoms with van der Waals surface area (Å²) in [7, 11) is 0. The summed E-state index contributed by atoms with van der Waals surface area (Å²) in [6.07, 6.45) is 1.12. The molecule has 1 aliphatic heterocycles. The number of carbonyl (C=O) groups is 1. The van der Waals surface area contributed by atoms with Crippen LogP contribution in [0.1, 0.15) is 19.4 Å². The monoisotopic (exact) mass is 265 g/mol. The zero-order valence-electron chi connectivity index (χ0n) is 10.5. The zero-order chi connectivity index (χ0) is 13.3. The van der Waals surface area contributed by atoms with E-state index in [2.05, 4.69) is 13.8 Å². The molecule has 4 heteroatoms. The molecule has 0 unspecified atom stereocenters. The molecule has 0 fully saturated rings. The van der Waals surface area contributed by atoms with Crippen molar-refractivity contribution in [3.8, 4) is 0 Å². The van der Waals surface area contributed by atoms with Crippen LogP contribution in [0.15, 0.2) is 30.3 Å². The normalized spacial score (nSPS) is 18.4. The average molecular weight is 266 g/mol. The Labute approximate surface area is 112 Å². The standard InChI is InChI=1S/C14H16ClNO2/c1-14(2)9-16(13(17)18)8-7-12(14)10-3-5-11(15)6-4-10/h3-7H,8-9H2,1-2H3,(H,17,18). The summed E-state index contributed by atoms with van der Waals surface area (Å²) in [5.41, 5.74) is 2.09. The molecule has 96 valence electrons. The van der Waals surface area contributed by atoms with Gasteiger partial charge in [-0.15, -0.1) is 0 Å². The molecule has 0 atom stereocenters. The summed E-state index contributed by atoms with van der Waals surface area (Å²) < 4.78 is 0. The van der Waals surface area contributed by atoms with Crippen LogP contribution < -0.4 is 0 Å². The van der Waals surface area contributed by atoms with Gasteiger partial charge in [0.15, 0.2) is 0 Å². The third-order valence-corrected chi connectivity index (χ3v) is 3.51. The molecule has 1 aliphatic rings. The van der Waals surface area contributed by atoms with E-state index in [4.69, 9.17) is 16.7 Å². The topological polar surface area (TPSA) is 40.5 Å². The van der Waals surface area contributed by atoms with Crippen LogP contribution in [-0.4, -0.2) is 29.2 Å². The minimum Gasteiger partial charge on any atom is -0.465 e. The van der Waals surface area contributed by atoms with E-state index in [1.807, 2.05) is 30.3 Å². The van der Waals surface area contributed by atoms with Crippen LogP contribution in [0.5, 0.6) is 0 Å². The SMILES string of the molecule is CC1(C)CN(C(=O)O)CC=C1c1ccc(Cl)cc1. The van der Waals surface area contributed by atoms with E-state index in [1.165, 1.54) is 10.5 Å². The Kier molecular flexibility index (Phi) is 3.35. The second-order valence-electron chi connectivity index (χ2n) is 5.17. The summed E-state index contributed by atoms with van der Waals surface area (Å²) in [5.74, 6) is 0. The summed E-state index contributed by atoms with van der Waals surface area (Å²) >= 11 is 5.88. The number of halogens is 1. The van der Waals surface area contributed by atoms with Crippen molar-refractivity contribution in [2.75, 3.05) is 13.1 Å². The van der Waals surface area contributed by atoms with E-state index in [9.17, 15) is 4.79 Å². The van der Waals surface area contributed by atoms with Crippen LogP contribution in [0.25, 0.3) is 5.57 Å². The van der Waals surface area contributed by atoms with Gasteiger partial charge in [-0.1, -0.05) is 43.7 Å². The van der Waals surface area contributed by atoms with Crippen molar-refractivity contribution >= 4 is 23.3 Å². The number of carboxylic acid groups (broad SMARTS) is 1. The summed E-state index contributed by atoms with van der Waals surface area (Å²) in [6, 6.07) is 7.67. The fourth-order valence-electron chi connectivity index (χ4n) is 2.39. The molecule has 1 N–H and O–H groups in total. The first kappa shape index (κ1) is 13.0. The van der Waals surface area contributed by atoms with Crippen molar-refractivity contribution in [3.05, 3.63) is 40.9 Å². The Bertz CT molecular complexity index is 491. The molecule has 0 radical (unpaired) electrons. The first-order valence-corrected chi connectivity index (χ1v) is 6.22. The van der Waals surface area contributed by atoms with Gasteiger partial charge in [-0.25, -0.2) is 4.79 Å². The fraction of sp³-hybridized carbons (Fsp3) is 0.357. The van der Waals surface area contributed by atoms with Gasteiger partial charge in [0.05, 0.1) is 0 Å². The van der Waals surface area contributed by atoms with Gasteiger partial charge in [-0.05, 0) is 23.3 Å². The maximum absolute atomic E-state index is 11.0. The predicted molar refractivity (Wildman–Crippen MR) is 72.8 cm³/mol. The van der Waals surface area contributed by atoms with Gasteiger partial charge < -0.3 is 10.0 Å². The summed E-state index contributed by atoms with van der Waals surface area (Å²) in [6.45, 7) is 5.07. The number of nitrogens with zero attached hydrogens (tertiary/aromatic N) is 1. The smallest absolute Gasteiger partial charge is 0.407 e. The van der Waals surface area contributed by atoms with E-state index in [1.54, 1.807) is 0 Å². The highest BCUT2D eigenvalue weighted by Gasteiger charge is 2.32. The summed E-state index contributed by atoms with van der Waals surface area (Å²) in [5, 5.41) is 9.75. The zero-order valence-corrected chi connectivity index (χ0v) is 11.2. The van der Waals surface area contributed by atoms with E-state index < -0.39 is 6.09 Å². The minimum atomic E-state index is -0.866. The third-order valence-electron chi connectivity index (χ3n) is 3.26. The van der Waals surface area contributed by atoms with Crippen LogP contribution in [-0.2, 0) is 0 Å². The van der Waals surface area contributed by atoms with Crippen molar-refractivity contribution in [2.24, 2.45) is 5.41 Å². The van der Waals surface area contributed by atoms with Crippen molar-refractivity contribution in [1.29, 1.82) is 0 Å². The average Bonchev–Trinajstić information content (AvgIpc) is 2.29. The van der Waals surface area contributed by atoms with Crippen LogP contribution in [0.3, 0.4) is 0 Å². The first-order valence-electron chi connectivity index (χ1n) is 5.84. The lowest BCUT2D eigenvalue weighted by Gasteiger charge is -2.37. The van der Waals surface area contributed by atoms with E-state index in [0.717, 1.165) is 5.56 Å². The lowest BCUT2D eigenvalue weighted by molar-refractivity contribution is 0.135. The second-order valence-corrected chi connectivity index (χ2v) is 5.61. The van der Waals surface area contributed by atoms with Gasteiger partial charge in [-0.3, -0.25) is 0 Å². The van der Waals surface area contributed by atoms with Crippen LogP contribution in [0, 0.1) is 5.41 Å². The van der Waals surface area contributed by atoms with Crippen LogP contribution >= 0.6 is 11.6 Å². The highest BCUT2D eigenvalue weighted by atomic mass is 35.5. The molecule has 0 aromatic heterocycles. The molecular weight excluding hydrogens is 250 g/mol. The number of hydrogen-bond acceptors (Lipinski definition) is 1. The maximum Gasteiger partial charge on any atom is 0.407 e. The molecule has 0 saturated heterocycles. The molecule has 0 aliphatic carbocycles. The van der Waals surface area contributed by atoms with Gasteiger partial charge in [0.25, 0.3) is 0 Å². The second kappa shape index (κ2) is 4.65. The third kappa shape index (κ3) is 2.51. The fourth-order valence-corrected chi connectivity index (χ4v) is 2.51. The van der Waals surface area contributed by atoms with Crippen molar-refractivity contribution in [3.63, 3.8) is 0 Å². The lowest BCUT2D eigenvalue weighted by Crippen LogP contribution is -2.42. The molecule has 0 bridgehead atoms. The van der Waals surface area contributed by atoms with Crippen LogP contribution in [0.4, 0.5) is 4.79 Å². The van der Waals surface area contributed by atoms with Crippen molar-refractivity contribution in [2.45, 2.75) is 13.8 Å². The maximum atomic E-state index is 11.0. The molecule has 2 rings (SSSR count). The molecule has 1 aromatic rings. The Balaban J connectivity index is 2.33. The van der Waals surface area contributed by atoms with Crippen LogP contribution in [0.2, 0.25) is 5.02 Å². The quantitative estimate of drug-likeness (QED) is 0.840. The van der Waals surface area contributed by atoms with Gasteiger partial charge >= 0.3 is 6.09 Å². The highest BCUT2D eigenvalue weighted by Crippen LogP contribution is 2.38. The first-order chi connectivity index (χ1) is 8.40. The molecule has 0 saturated carbocycles. The molecule has 1 amide bonds. The largest absolute Gasteiger partial charge is 0.465 e. The van der Waals surface area contributed by atoms with E-state index in [-0.39, 0.29) is 5.41 Å². The van der Waals surface area contributed by atoms with E-state index in [0.29, 0.717) is 18.1 Å². The molecule has 18 heavy (non-hydrogen) atoms. The predicted octanol–water partition coefficient (Wildman–Crippen LogP) is 3.74. The molecule has 3 nitrogen and oxygen atoms in total. The number of hydrogen-bond donors (Lipinski definition) is 1.